The Morgan fingerprint density at radius 2 is 1.33 bits per heavy atom. The summed E-state index contributed by atoms with van der Waals surface area (Å²) >= 11 is 0. The van der Waals surface area contributed by atoms with Crippen LogP contribution in [0.15, 0.2) is 0 Å². The fourth-order valence-corrected chi connectivity index (χ4v) is 1.06. The molecule has 0 aliphatic heterocycles. The van der Waals surface area contributed by atoms with E-state index in [9.17, 15) is 9.46 Å². The fourth-order valence-electron chi connectivity index (χ4n) is 0.353. The Kier molecular flexibility index (Phi) is 9.60. The van der Waals surface area contributed by atoms with Gasteiger partial charge in [-0.25, -0.2) is 0 Å². The average molecular weight is 241 g/mol. The van der Waals surface area contributed by atoms with Crippen LogP contribution < -0.4 is 4.89 Å². The van der Waals surface area contributed by atoms with Crippen molar-refractivity contribution < 1.29 is 23.0 Å². The molecule has 0 aromatic rings. The third-order valence-electron chi connectivity index (χ3n) is 1.52. The van der Waals surface area contributed by atoms with E-state index in [2.05, 4.69) is 37.1 Å². The molecule has 0 amide bonds. The molecule has 0 unspecified atom stereocenters. The number of nitrogens with zero attached hydrogens (tertiary/aromatic N) is 1. The molecule has 15 heavy (non-hydrogen) atoms. The van der Waals surface area contributed by atoms with Crippen molar-refractivity contribution in [3.63, 3.8) is 0 Å². The van der Waals surface area contributed by atoms with Crippen LogP contribution in [0.1, 0.15) is 20.8 Å². The normalized spacial score (nSPS) is 11.9. The molecule has 0 N–H and O–H groups in total. The van der Waals surface area contributed by atoms with Crippen LogP contribution >= 0.6 is 7.82 Å². The Labute approximate surface area is 93.2 Å². The van der Waals surface area contributed by atoms with Crippen molar-refractivity contribution in [1.82, 2.24) is 0 Å². The molecule has 0 fully saturated rings. The molecule has 0 atom stereocenters. The summed E-state index contributed by atoms with van der Waals surface area (Å²) in [6, 6.07) is 0. The summed E-state index contributed by atoms with van der Waals surface area (Å²) in [6.07, 6.45) is 0. The highest BCUT2D eigenvalue weighted by Gasteiger charge is 2.04. The molecule has 0 rings (SSSR count). The van der Waals surface area contributed by atoms with Crippen molar-refractivity contribution in [3.05, 3.63) is 0 Å². The van der Waals surface area contributed by atoms with Gasteiger partial charge < -0.3 is 18.4 Å². The van der Waals surface area contributed by atoms with Crippen molar-refractivity contribution in [2.75, 3.05) is 40.9 Å². The first-order chi connectivity index (χ1) is 6.68. The van der Waals surface area contributed by atoms with Crippen LogP contribution in [0, 0.1) is 0 Å². The van der Waals surface area contributed by atoms with Crippen molar-refractivity contribution in [1.29, 1.82) is 0 Å². The highest BCUT2D eigenvalue weighted by atomic mass is 31.2. The number of phosphoric ester groups is 1. The van der Waals surface area contributed by atoms with E-state index < -0.39 is 7.82 Å². The molecule has 0 aliphatic rings. The van der Waals surface area contributed by atoms with E-state index in [0.717, 1.165) is 4.48 Å². The van der Waals surface area contributed by atoms with Crippen LogP contribution in [0.4, 0.5) is 0 Å². The zero-order chi connectivity index (χ0) is 12.5. The molecule has 6 heteroatoms. The summed E-state index contributed by atoms with van der Waals surface area (Å²) in [6.45, 7) is 6.81. The molecule has 0 spiro atoms. The van der Waals surface area contributed by atoms with Gasteiger partial charge in [-0.2, -0.15) is 0 Å². The van der Waals surface area contributed by atoms with Gasteiger partial charge in [0.15, 0.2) is 0 Å². The number of rotatable bonds is 5. The predicted octanol–water partition coefficient (Wildman–Crippen LogP) is 1.24. The first kappa shape index (κ1) is 17.5. The second kappa shape index (κ2) is 8.25. The summed E-state index contributed by atoms with van der Waals surface area (Å²) in [5, 5.41) is 0. The summed E-state index contributed by atoms with van der Waals surface area (Å²) in [4.78, 5) is 10.4. The summed E-state index contributed by atoms with van der Waals surface area (Å²) in [5.74, 6) is 0. The monoisotopic (exact) mass is 241 g/mol. The highest BCUT2D eigenvalue weighted by Crippen LogP contribution is 2.37. The highest BCUT2D eigenvalue weighted by molar-refractivity contribution is 7.45. The van der Waals surface area contributed by atoms with E-state index in [-0.39, 0.29) is 13.2 Å². The second-order valence-corrected chi connectivity index (χ2v) is 5.30. The fraction of sp³-hybridized carbons (Fsp3) is 1.00. The first-order valence-electron chi connectivity index (χ1n) is 5.09. The lowest BCUT2D eigenvalue weighted by Crippen LogP contribution is -2.33. The van der Waals surface area contributed by atoms with E-state index in [1.165, 1.54) is 6.54 Å². The number of hydrogen-bond donors (Lipinski definition) is 0. The SMILES string of the molecule is CCOP(=O)([O-])OCC.CC[N+](C)(C)C. The van der Waals surface area contributed by atoms with Crippen LogP contribution in [0.3, 0.4) is 0 Å². The topological polar surface area (TPSA) is 58.6 Å². The van der Waals surface area contributed by atoms with Gasteiger partial charge in [0.1, 0.15) is 0 Å². The zero-order valence-corrected chi connectivity index (χ0v) is 11.5. The quantitative estimate of drug-likeness (QED) is 0.536. The Balaban J connectivity index is 0. The van der Waals surface area contributed by atoms with Gasteiger partial charge in [-0.1, -0.05) is 0 Å². The van der Waals surface area contributed by atoms with Gasteiger partial charge >= 0.3 is 0 Å². The third kappa shape index (κ3) is 16.7. The minimum atomic E-state index is -3.94. The molecule has 0 heterocycles. The lowest BCUT2D eigenvalue weighted by molar-refractivity contribution is -0.868. The minimum Gasteiger partial charge on any atom is -0.756 e. The van der Waals surface area contributed by atoms with Gasteiger partial charge in [-0.05, 0) is 20.8 Å². The maximum absolute atomic E-state index is 10.4. The van der Waals surface area contributed by atoms with E-state index in [4.69, 9.17) is 0 Å². The number of quaternary nitrogens is 1. The maximum Gasteiger partial charge on any atom is 0.267 e. The molecule has 5 nitrogen and oxygen atoms in total. The van der Waals surface area contributed by atoms with Crippen molar-refractivity contribution in [2.24, 2.45) is 0 Å². The van der Waals surface area contributed by atoms with Crippen LogP contribution in [-0.4, -0.2) is 45.4 Å². The molecule has 0 saturated carbocycles. The van der Waals surface area contributed by atoms with Crippen LogP contribution in [0.2, 0.25) is 0 Å². The summed E-state index contributed by atoms with van der Waals surface area (Å²) in [7, 11) is 2.60. The van der Waals surface area contributed by atoms with Gasteiger partial charge in [-0.15, -0.1) is 0 Å². The van der Waals surface area contributed by atoms with Gasteiger partial charge in [-0.3, -0.25) is 4.57 Å². The standard InChI is InChI=1S/C5H14N.C4H11O4P/c1-5-6(2,3)4;1-3-7-9(5,6)8-4-2/h5H2,1-4H3;3-4H2,1-2H3,(H,5,6)/q+1;/p-1. The molecule has 0 saturated heterocycles. The lowest BCUT2D eigenvalue weighted by atomic mass is 10.6. The van der Waals surface area contributed by atoms with E-state index in [1.807, 2.05) is 0 Å². The van der Waals surface area contributed by atoms with Gasteiger partial charge in [0.2, 0.25) is 0 Å². The average Bonchev–Trinajstić information content (AvgIpc) is 2.03. The maximum atomic E-state index is 10.4. The van der Waals surface area contributed by atoms with E-state index in [1.54, 1.807) is 13.8 Å². The number of phosphoric acid groups is 1. The van der Waals surface area contributed by atoms with Crippen LogP contribution in [0.25, 0.3) is 0 Å². The molecule has 0 bridgehead atoms. The summed E-state index contributed by atoms with van der Waals surface area (Å²) < 4.78 is 20.0. The Morgan fingerprint density at radius 1 is 1.07 bits per heavy atom. The van der Waals surface area contributed by atoms with Crippen molar-refractivity contribution in [2.45, 2.75) is 20.8 Å². The Bertz CT molecular complexity index is 181. The molecule has 0 aromatic heterocycles. The zero-order valence-electron chi connectivity index (χ0n) is 10.6. The van der Waals surface area contributed by atoms with Crippen molar-refractivity contribution in [3.8, 4) is 0 Å². The molecule has 0 aliphatic carbocycles. The Morgan fingerprint density at radius 3 is 1.47 bits per heavy atom. The van der Waals surface area contributed by atoms with Crippen LogP contribution in [0.5, 0.6) is 0 Å². The molecule has 0 aromatic carbocycles. The predicted molar refractivity (Wildman–Crippen MR) is 59.4 cm³/mol. The molecular formula is C9H24NO4P. The van der Waals surface area contributed by atoms with Gasteiger partial charge in [0, 0.05) is 0 Å². The minimum absolute atomic E-state index is 0.126. The van der Waals surface area contributed by atoms with Gasteiger partial charge in [0.25, 0.3) is 7.82 Å². The Hall–Kier alpha value is 0.0700. The smallest absolute Gasteiger partial charge is 0.267 e. The van der Waals surface area contributed by atoms with Gasteiger partial charge in [0.05, 0.1) is 40.9 Å². The van der Waals surface area contributed by atoms with Crippen molar-refractivity contribution >= 4 is 7.82 Å². The number of hydrogen-bond acceptors (Lipinski definition) is 4. The molecule has 0 radical (unpaired) electrons. The summed E-state index contributed by atoms with van der Waals surface area (Å²) in [5.41, 5.74) is 0. The van der Waals surface area contributed by atoms with Crippen LogP contribution in [-0.2, 0) is 13.6 Å². The lowest BCUT2D eigenvalue weighted by Gasteiger charge is -2.20. The molecular weight excluding hydrogens is 217 g/mol. The first-order valence-corrected chi connectivity index (χ1v) is 6.55. The van der Waals surface area contributed by atoms with E-state index in [0.29, 0.717) is 0 Å². The second-order valence-electron chi connectivity index (χ2n) is 3.89. The third-order valence-corrected chi connectivity index (χ3v) is 2.67. The van der Waals surface area contributed by atoms with E-state index >= 15 is 0 Å². The largest absolute Gasteiger partial charge is 0.756 e. The molecule has 94 valence electrons.